The Morgan fingerprint density at radius 1 is 1.08 bits per heavy atom. The molecule has 0 saturated carbocycles. The summed E-state index contributed by atoms with van der Waals surface area (Å²) in [7, 11) is 1.55. The SMILES string of the molecule is COc1ccc(NC(=O)[C@H](C)OC(=O)c2ccc(Cl)cc2Cl)cc1. The topological polar surface area (TPSA) is 64.6 Å². The zero-order valence-corrected chi connectivity index (χ0v) is 14.5. The first-order chi connectivity index (χ1) is 11.4. The number of halogens is 2. The molecule has 0 bridgehead atoms. The molecule has 0 fully saturated rings. The van der Waals surface area contributed by atoms with Crippen LogP contribution in [0.3, 0.4) is 0 Å². The number of methoxy groups -OCH3 is 1. The van der Waals surface area contributed by atoms with Crippen molar-refractivity contribution in [3.05, 3.63) is 58.1 Å². The van der Waals surface area contributed by atoms with Crippen molar-refractivity contribution in [2.45, 2.75) is 13.0 Å². The monoisotopic (exact) mass is 367 g/mol. The van der Waals surface area contributed by atoms with Crippen LogP contribution in [-0.4, -0.2) is 25.1 Å². The zero-order valence-electron chi connectivity index (χ0n) is 13.0. The summed E-state index contributed by atoms with van der Waals surface area (Å²) in [5.41, 5.74) is 0.707. The summed E-state index contributed by atoms with van der Waals surface area (Å²) in [4.78, 5) is 24.2. The highest BCUT2D eigenvalue weighted by atomic mass is 35.5. The Bertz CT molecular complexity index is 747. The lowest BCUT2D eigenvalue weighted by Gasteiger charge is -2.14. The molecule has 0 aliphatic heterocycles. The Morgan fingerprint density at radius 3 is 2.33 bits per heavy atom. The van der Waals surface area contributed by atoms with Gasteiger partial charge in [-0.3, -0.25) is 4.79 Å². The summed E-state index contributed by atoms with van der Waals surface area (Å²) < 4.78 is 10.2. The first-order valence-corrected chi connectivity index (χ1v) is 7.77. The van der Waals surface area contributed by atoms with Gasteiger partial charge in [0, 0.05) is 10.7 Å². The molecule has 126 valence electrons. The molecule has 0 aliphatic carbocycles. The van der Waals surface area contributed by atoms with Crippen LogP contribution in [0.4, 0.5) is 5.69 Å². The van der Waals surface area contributed by atoms with E-state index in [0.29, 0.717) is 16.5 Å². The van der Waals surface area contributed by atoms with E-state index in [0.717, 1.165) is 0 Å². The number of ether oxygens (including phenoxy) is 2. The van der Waals surface area contributed by atoms with E-state index in [2.05, 4.69) is 5.32 Å². The van der Waals surface area contributed by atoms with Crippen molar-refractivity contribution in [1.82, 2.24) is 0 Å². The Hall–Kier alpha value is -2.24. The van der Waals surface area contributed by atoms with Gasteiger partial charge in [-0.05, 0) is 49.4 Å². The first-order valence-electron chi connectivity index (χ1n) is 7.01. The van der Waals surface area contributed by atoms with Gasteiger partial charge in [0.05, 0.1) is 17.7 Å². The number of carbonyl (C=O) groups excluding carboxylic acids is 2. The summed E-state index contributed by atoms with van der Waals surface area (Å²) >= 11 is 11.7. The maximum atomic E-state index is 12.1. The molecule has 2 aromatic carbocycles. The van der Waals surface area contributed by atoms with Crippen LogP contribution >= 0.6 is 23.2 Å². The minimum Gasteiger partial charge on any atom is -0.497 e. The van der Waals surface area contributed by atoms with Crippen LogP contribution in [-0.2, 0) is 9.53 Å². The Balaban J connectivity index is 1.98. The van der Waals surface area contributed by atoms with Crippen molar-refractivity contribution in [2.75, 3.05) is 12.4 Å². The normalized spacial score (nSPS) is 11.5. The number of anilines is 1. The van der Waals surface area contributed by atoms with E-state index in [1.165, 1.54) is 25.1 Å². The molecule has 0 spiro atoms. The predicted molar refractivity (Wildman–Crippen MR) is 93.0 cm³/mol. The lowest BCUT2D eigenvalue weighted by Crippen LogP contribution is -2.30. The van der Waals surface area contributed by atoms with Gasteiger partial charge in [-0.25, -0.2) is 4.79 Å². The van der Waals surface area contributed by atoms with Gasteiger partial charge in [-0.2, -0.15) is 0 Å². The smallest absolute Gasteiger partial charge is 0.340 e. The third-order valence-electron chi connectivity index (χ3n) is 3.16. The third kappa shape index (κ3) is 4.63. The molecule has 1 atom stereocenters. The van der Waals surface area contributed by atoms with Crippen LogP contribution in [0.2, 0.25) is 10.0 Å². The van der Waals surface area contributed by atoms with Gasteiger partial charge in [-0.15, -0.1) is 0 Å². The second-order valence-corrected chi connectivity index (χ2v) is 5.73. The lowest BCUT2D eigenvalue weighted by atomic mass is 10.2. The molecule has 24 heavy (non-hydrogen) atoms. The number of rotatable bonds is 5. The van der Waals surface area contributed by atoms with Gasteiger partial charge in [0.15, 0.2) is 6.10 Å². The molecular formula is C17H15Cl2NO4. The Kier molecular flexibility index (Phi) is 6.06. The van der Waals surface area contributed by atoms with Crippen molar-refractivity contribution in [1.29, 1.82) is 0 Å². The Labute approximate surface area is 149 Å². The minimum absolute atomic E-state index is 0.144. The number of carbonyl (C=O) groups is 2. The second kappa shape index (κ2) is 8.04. The van der Waals surface area contributed by atoms with Crippen LogP contribution < -0.4 is 10.1 Å². The summed E-state index contributed by atoms with van der Waals surface area (Å²) in [5, 5.41) is 3.21. The summed E-state index contributed by atoms with van der Waals surface area (Å²) in [5.74, 6) is -0.488. The van der Waals surface area contributed by atoms with Gasteiger partial charge >= 0.3 is 5.97 Å². The molecule has 0 heterocycles. The van der Waals surface area contributed by atoms with Crippen molar-refractivity contribution in [3.63, 3.8) is 0 Å². The number of hydrogen-bond donors (Lipinski definition) is 1. The summed E-state index contributed by atoms with van der Waals surface area (Å²) in [6.07, 6.45) is -0.994. The van der Waals surface area contributed by atoms with Crippen LogP contribution in [0, 0.1) is 0 Å². The van der Waals surface area contributed by atoms with Crippen LogP contribution in [0.1, 0.15) is 17.3 Å². The molecule has 5 nitrogen and oxygen atoms in total. The molecule has 0 aliphatic rings. The number of benzene rings is 2. The maximum absolute atomic E-state index is 12.1. The average Bonchev–Trinajstić information content (AvgIpc) is 2.55. The van der Waals surface area contributed by atoms with E-state index >= 15 is 0 Å². The van der Waals surface area contributed by atoms with Crippen LogP contribution in [0.15, 0.2) is 42.5 Å². The molecule has 0 aromatic heterocycles. The third-order valence-corrected chi connectivity index (χ3v) is 3.71. The number of hydrogen-bond acceptors (Lipinski definition) is 4. The van der Waals surface area contributed by atoms with Gasteiger partial charge in [0.2, 0.25) is 0 Å². The molecule has 7 heteroatoms. The largest absolute Gasteiger partial charge is 0.497 e. The Morgan fingerprint density at radius 2 is 1.75 bits per heavy atom. The molecule has 2 aromatic rings. The lowest BCUT2D eigenvalue weighted by molar-refractivity contribution is -0.123. The molecule has 0 saturated heterocycles. The van der Waals surface area contributed by atoms with Gasteiger partial charge < -0.3 is 14.8 Å². The number of nitrogens with one attached hydrogen (secondary N) is 1. The van der Waals surface area contributed by atoms with Crippen molar-refractivity contribution in [3.8, 4) is 5.75 Å². The standard InChI is InChI=1S/C17H15Cl2NO4/c1-10(16(21)20-12-4-6-13(23-2)7-5-12)24-17(22)14-8-3-11(18)9-15(14)19/h3-10H,1-2H3,(H,20,21)/t10-/m0/s1. The van der Waals surface area contributed by atoms with Crippen molar-refractivity contribution >= 4 is 40.8 Å². The zero-order chi connectivity index (χ0) is 17.7. The second-order valence-electron chi connectivity index (χ2n) is 4.89. The highest BCUT2D eigenvalue weighted by molar-refractivity contribution is 6.36. The number of amides is 1. The van der Waals surface area contributed by atoms with E-state index in [4.69, 9.17) is 32.7 Å². The van der Waals surface area contributed by atoms with Gasteiger partial charge in [-0.1, -0.05) is 23.2 Å². The molecule has 0 unspecified atom stereocenters. The van der Waals surface area contributed by atoms with Crippen molar-refractivity contribution < 1.29 is 19.1 Å². The molecule has 1 N–H and O–H groups in total. The predicted octanol–water partition coefficient (Wildman–Crippen LogP) is 4.19. The fourth-order valence-electron chi connectivity index (χ4n) is 1.85. The summed E-state index contributed by atoms with van der Waals surface area (Å²) in [6.45, 7) is 1.47. The highest BCUT2D eigenvalue weighted by Gasteiger charge is 2.20. The maximum Gasteiger partial charge on any atom is 0.340 e. The van der Waals surface area contributed by atoms with E-state index in [1.54, 1.807) is 31.4 Å². The van der Waals surface area contributed by atoms with E-state index in [9.17, 15) is 9.59 Å². The average molecular weight is 368 g/mol. The molecular weight excluding hydrogens is 353 g/mol. The van der Waals surface area contributed by atoms with E-state index < -0.39 is 18.0 Å². The van der Waals surface area contributed by atoms with Crippen LogP contribution in [0.5, 0.6) is 5.75 Å². The van der Waals surface area contributed by atoms with E-state index in [-0.39, 0.29) is 10.6 Å². The fourth-order valence-corrected chi connectivity index (χ4v) is 2.34. The quantitative estimate of drug-likeness (QED) is 0.804. The number of esters is 1. The van der Waals surface area contributed by atoms with Crippen LogP contribution in [0.25, 0.3) is 0 Å². The fraction of sp³-hybridized carbons (Fsp3) is 0.176. The van der Waals surface area contributed by atoms with Gasteiger partial charge in [0.1, 0.15) is 5.75 Å². The van der Waals surface area contributed by atoms with Crippen molar-refractivity contribution in [2.24, 2.45) is 0 Å². The minimum atomic E-state index is -0.994. The van der Waals surface area contributed by atoms with Gasteiger partial charge in [0.25, 0.3) is 5.91 Å². The molecule has 0 radical (unpaired) electrons. The molecule has 2 rings (SSSR count). The molecule has 1 amide bonds. The van der Waals surface area contributed by atoms with E-state index in [1.807, 2.05) is 0 Å². The first kappa shape index (κ1) is 18.1. The highest BCUT2D eigenvalue weighted by Crippen LogP contribution is 2.22. The summed E-state index contributed by atoms with van der Waals surface area (Å²) in [6, 6.07) is 11.2.